The molecule has 0 bridgehead atoms. The maximum Gasteiger partial charge on any atom is 0.234 e. The first-order chi connectivity index (χ1) is 14.6. The number of para-hydroxylation sites is 1. The number of rotatable bonds is 7. The second kappa shape index (κ2) is 9.45. The van der Waals surface area contributed by atoms with Crippen molar-refractivity contribution in [1.82, 2.24) is 19.7 Å². The quantitative estimate of drug-likeness (QED) is 0.579. The molecule has 4 rings (SSSR count). The van der Waals surface area contributed by atoms with E-state index in [1.165, 1.54) is 30.2 Å². The normalized spacial score (nSPS) is 14.2. The van der Waals surface area contributed by atoms with E-state index in [0.717, 1.165) is 47.6 Å². The number of nitrogens with zero attached hydrogens (tertiary/aromatic N) is 4. The van der Waals surface area contributed by atoms with Gasteiger partial charge in [-0.05, 0) is 63.5 Å². The summed E-state index contributed by atoms with van der Waals surface area (Å²) in [5.41, 5.74) is 4.12. The lowest BCUT2D eigenvalue weighted by atomic mass is 10.1. The van der Waals surface area contributed by atoms with Gasteiger partial charge in [-0.15, -0.1) is 10.2 Å². The van der Waals surface area contributed by atoms with E-state index in [0.29, 0.717) is 0 Å². The van der Waals surface area contributed by atoms with Gasteiger partial charge in [0.05, 0.1) is 12.3 Å². The summed E-state index contributed by atoms with van der Waals surface area (Å²) in [6.45, 7) is 7.03. The molecule has 0 spiro atoms. The summed E-state index contributed by atoms with van der Waals surface area (Å²) in [4.78, 5) is 15.0. The van der Waals surface area contributed by atoms with Crippen LogP contribution >= 0.6 is 11.8 Å². The first-order valence-corrected chi connectivity index (χ1v) is 11.3. The predicted molar refractivity (Wildman–Crippen MR) is 121 cm³/mol. The van der Waals surface area contributed by atoms with Gasteiger partial charge in [-0.2, -0.15) is 0 Å². The number of likely N-dealkylation sites (tertiary alicyclic amines) is 1. The Morgan fingerprint density at radius 2 is 1.83 bits per heavy atom. The number of hydrogen-bond acceptors (Lipinski definition) is 5. The number of amides is 1. The van der Waals surface area contributed by atoms with Crippen LogP contribution in [0, 0.1) is 13.8 Å². The van der Waals surface area contributed by atoms with Gasteiger partial charge in [0.1, 0.15) is 0 Å². The van der Waals surface area contributed by atoms with Crippen molar-refractivity contribution in [3.8, 4) is 5.69 Å². The highest BCUT2D eigenvalue weighted by atomic mass is 32.2. The number of hydrogen-bond donors (Lipinski definition) is 1. The van der Waals surface area contributed by atoms with Crippen molar-refractivity contribution in [2.75, 3.05) is 24.2 Å². The minimum Gasteiger partial charge on any atom is -0.325 e. The van der Waals surface area contributed by atoms with Crippen LogP contribution in [0.5, 0.6) is 0 Å². The van der Waals surface area contributed by atoms with E-state index in [2.05, 4.69) is 43.2 Å². The number of aryl methyl sites for hydroxylation is 2. The molecule has 1 saturated heterocycles. The van der Waals surface area contributed by atoms with Gasteiger partial charge in [0.15, 0.2) is 11.0 Å². The zero-order valence-electron chi connectivity index (χ0n) is 17.5. The monoisotopic (exact) mass is 421 g/mol. The van der Waals surface area contributed by atoms with Crippen LogP contribution in [0.2, 0.25) is 0 Å². The van der Waals surface area contributed by atoms with E-state index in [1.807, 2.05) is 44.2 Å². The number of carbonyl (C=O) groups excluding carboxylic acids is 1. The summed E-state index contributed by atoms with van der Waals surface area (Å²) < 4.78 is 2.08. The van der Waals surface area contributed by atoms with Gasteiger partial charge >= 0.3 is 0 Å². The second-order valence-corrected chi connectivity index (χ2v) is 8.65. The van der Waals surface area contributed by atoms with Gasteiger partial charge in [0.2, 0.25) is 5.91 Å². The lowest BCUT2D eigenvalue weighted by Crippen LogP contribution is -2.21. The molecule has 2 aromatic carbocycles. The minimum absolute atomic E-state index is 0.0457. The number of thioether (sulfide) groups is 1. The van der Waals surface area contributed by atoms with Crippen molar-refractivity contribution in [3.05, 3.63) is 65.5 Å². The molecule has 0 atom stereocenters. The molecule has 1 fully saturated rings. The highest BCUT2D eigenvalue weighted by molar-refractivity contribution is 7.99. The van der Waals surface area contributed by atoms with Crippen LogP contribution in [0.15, 0.2) is 53.7 Å². The Morgan fingerprint density at radius 1 is 1.07 bits per heavy atom. The Morgan fingerprint density at radius 3 is 2.57 bits per heavy atom. The molecular weight excluding hydrogens is 394 g/mol. The molecule has 30 heavy (non-hydrogen) atoms. The summed E-state index contributed by atoms with van der Waals surface area (Å²) in [7, 11) is 0. The maximum absolute atomic E-state index is 12.6. The molecule has 1 aromatic heterocycles. The molecule has 0 aliphatic carbocycles. The zero-order chi connectivity index (χ0) is 20.9. The van der Waals surface area contributed by atoms with Crippen LogP contribution in [-0.4, -0.2) is 44.4 Å². The third-order valence-electron chi connectivity index (χ3n) is 5.27. The largest absolute Gasteiger partial charge is 0.325 e. The van der Waals surface area contributed by atoms with Gasteiger partial charge < -0.3 is 5.32 Å². The van der Waals surface area contributed by atoms with Crippen molar-refractivity contribution >= 4 is 23.4 Å². The Labute approximate surface area is 181 Å². The van der Waals surface area contributed by atoms with Crippen molar-refractivity contribution in [2.24, 2.45) is 0 Å². The van der Waals surface area contributed by atoms with Gasteiger partial charge in [0, 0.05) is 11.4 Å². The van der Waals surface area contributed by atoms with Crippen LogP contribution in [0.25, 0.3) is 5.69 Å². The van der Waals surface area contributed by atoms with Crippen molar-refractivity contribution in [1.29, 1.82) is 0 Å². The Bertz CT molecular complexity index is 1010. The fourth-order valence-corrected chi connectivity index (χ4v) is 4.51. The minimum atomic E-state index is -0.0457. The first kappa shape index (κ1) is 20.6. The highest BCUT2D eigenvalue weighted by Crippen LogP contribution is 2.24. The molecule has 6 nitrogen and oxygen atoms in total. The Kier molecular flexibility index (Phi) is 6.50. The molecule has 3 aromatic rings. The average Bonchev–Trinajstić information content (AvgIpc) is 3.39. The number of anilines is 1. The molecular formula is C23H27N5OS. The lowest BCUT2D eigenvalue weighted by molar-refractivity contribution is -0.113. The SMILES string of the molecule is Cc1ccc(NC(=O)CSc2nnc(CN3CCCC3)n2-c2ccccc2)c(C)c1. The van der Waals surface area contributed by atoms with E-state index in [4.69, 9.17) is 0 Å². The van der Waals surface area contributed by atoms with Gasteiger partial charge in [-0.1, -0.05) is 47.7 Å². The van der Waals surface area contributed by atoms with E-state index in [1.54, 1.807) is 0 Å². The summed E-state index contributed by atoms with van der Waals surface area (Å²) >= 11 is 1.42. The molecule has 1 aliphatic heterocycles. The van der Waals surface area contributed by atoms with E-state index < -0.39 is 0 Å². The van der Waals surface area contributed by atoms with Crippen LogP contribution in [0.3, 0.4) is 0 Å². The number of carbonyl (C=O) groups is 1. The summed E-state index contributed by atoms with van der Waals surface area (Å²) in [6.07, 6.45) is 2.47. The van der Waals surface area contributed by atoms with Crippen molar-refractivity contribution < 1.29 is 4.79 Å². The standard InChI is InChI=1S/C23H27N5OS/c1-17-10-11-20(18(2)14-17)24-22(29)16-30-23-26-25-21(15-27-12-6-7-13-27)28(23)19-8-4-3-5-9-19/h3-5,8-11,14H,6-7,12-13,15-16H2,1-2H3,(H,24,29). The Hall–Kier alpha value is -2.64. The zero-order valence-corrected chi connectivity index (χ0v) is 18.3. The van der Waals surface area contributed by atoms with Crippen LogP contribution in [0.4, 0.5) is 5.69 Å². The molecule has 1 N–H and O–H groups in total. The molecule has 1 aliphatic rings. The molecule has 7 heteroatoms. The molecule has 156 valence electrons. The third-order valence-corrected chi connectivity index (χ3v) is 6.20. The molecule has 0 radical (unpaired) electrons. The van der Waals surface area contributed by atoms with Gasteiger partial charge in [-0.3, -0.25) is 14.3 Å². The first-order valence-electron chi connectivity index (χ1n) is 10.3. The molecule has 0 unspecified atom stereocenters. The topological polar surface area (TPSA) is 63.1 Å². The van der Waals surface area contributed by atoms with Crippen LogP contribution in [-0.2, 0) is 11.3 Å². The summed E-state index contributed by atoms with van der Waals surface area (Å²) in [5.74, 6) is 1.15. The third kappa shape index (κ3) is 4.91. The molecule has 0 saturated carbocycles. The second-order valence-electron chi connectivity index (χ2n) is 7.71. The van der Waals surface area contributed by atoms with Crippen LogP contribution < -0.4 is 5.32 Å². The highest BCUT2D eigenvalue weighted by Gasteiger charge is 2.20. The summed E-state index contributed by atoms with van der Waals surface area (Å²) in [5, 5.41) is 12.6. The van der Waals surface area contributed by atoms with E-state index in [9.17, 15) is 4.79 Å². The van der Waals surface area contributed by atoms with E-state index >= 15 is 0 Å². The fourth-order valence-electron chi connectivity index (χ4n) is 3.74. The van der Waals surface area contributed by atoms with Crippen molar-refractivity contribution in [2.45, 2.75) is 38.4 Å². The maximum atomic E-state index is 12.6. The van der Waals surface area contributed by atoms with Crippen molar-refractivity contribution in [3.63, 3.8) is 0 Å². The number of nitrogens with one attached hydrogen (secondary N) is 1. The van der Waals surface area contributed by atoms with Gasteiger partial charge in [-0.25, -0.2) is 0 Å². The number of benzene rings is 2. The fraction of sp³-hybridized carbons (Fsp3) is 0.348. The number of aromatic nitrogens is 3. The predicted octanol–water partition coefficient (Wildman–Crippen LogP) is 4.21. The Balaban J connectivity index is 1.49. The smallest absolute Gasteiger partial charge is 0.234 e. The average molecular weight is 422 g/mol. The lowest BCUT2D eigenvalue weighted by Gasteiger charge is -2.16. The summed E-state index contributed by atoms with van der Waals surface area (Å²) in [6, 6.07) is 16.2. The van der Waals surface area contributed by atoms with E-state index in [-0.39, 0.29) is 11.7 Å². The van der Waals surface area contributed by atoms with Gasteiger partial charge in [0.25, 0.3) is 0 Å². The van der Waals surface area contributed by atoms with Crippen LogP contribution in [0.1, 0.15) is 29.8 Å². The molecule has 1 amide bonds. The molecule has 2 heterocycles.